The topological polar surface area (TPSA) is 25.8 Å². The van der Waals surface area contributed by atoms with Crippen molar-refractivity contribution in [3.63, 3.8) is 0 Å². The van der Waals surface area contributed by atoms with Crippen molar-refractivity contribution in [2.24, 2.45) is 0 Å². The van der Waals surface area contributed by atoms with Gasteiger partial charge in [-0.2, -0.15) is 0 Å². The molecule has 0 aliphatic rings. The molecule has 0 aromatic carbocycles. The first-order chi connectivity index (χ1) is 4.34. The van der Waals surface area contributed by atoms with Crippen LogP contribution in [-0.4, -0.2) is 9.97 Å². The SMILES string of the molecule is Cl.ClCc1ncncc1Cl. The van der Waals surface area contributed by atoms with E-state index in [1.807, 2.05) is 0 Å². The van der Waals surface area contributed by atoms with Crippen LogP contribution in [-0.2, 0) is 5.88 Å². The van der Waals surface area contributed by atoms with Gasteiger partial charge in [0.25, 0.3) is 0 Å². The summed E-state index contributed by atoms with van der Waals surface area (Å²) in [5.41, 5.74) is 0.674. The molecule has 1 rings (SSSR count). The van der Waals surface area contributed by atoms with Gasteiger partial charge in [-0.15, -0.1) is 24.0 Å². The molecular formula is C5H5Cl3N2. The molecule has 0 radical (unpaired) electrons. The predicted molar refractivity (Wildman–Crippen MR) is 43.8 cm³/mol. The van der Waals surface area contributed by atoms with Gasteiger partial charge < -0.3 is 0 Å². The van der Waals surface area contributed by atoms with Crippen molar-refractivity contribution in [3.05, 3.63) is 23.2 Å². The van der Waals surface area contributed by atoms with Crippen LogP contribution in [0.25, 0.3) is 0 Å². The zero-order chi connectivity index (χ0) is 6.69. The van der Waals surface area contributed by atoms with Crippen LogP contribution in [0.4, 0.5) is 0 Å². The highest BCUT2D eigenvalue weighted by Gasteiger charge is 1.96. The van der Waals surface area contributed by atoms with Crippen molar-refractivity contribution < 1.29 is 0 Å². The molecule has 0 unspecified atom stereocenters. The third-order valence-corrected chi connectivity index (χ3v) is 1.44. The van der Waals surface area contributed by atoms with Gasteiger partial charge in [-0.05, 0) is 0 Å². The molecule has 0 aliphatic carbocycles. The van der Waals surface area contributed by atoms with Gasteiger partial charge in [0.2, 0.25) is 0 Å². The Kier molecular flexibility index (Phi) is 4.69. The largest absolute Gasteiger partial charge is 0.243 e. The quantitative estimate of drug-likeness (QED) is 0.649. The van der Waals surface area contributed by atoms with Gasteiger partial charge >= 0.3 is 0 Å². The summed E-state index contributed by atoms with van der Waals surface area (Å²) in [6.07, 6.45) is 2.94. The summed E-state index contributed by atoms with van der Waals surface area (Å²) in [7, 11) is 0. The van der Waals surface area contributed by atoms with Crippen LogP contribution in [0.15, 0.2) is 12.5 Å². The van der Waals surface area contributed by atoms with Gasteiger partial charge in [-0.1, -0.05) is 11.6 Å². The van der Waals surface area contributed by atoms with Crippen LogP contribution in [0.1, 0.15) is 5.69 Å². The molecule has 2 nitrogen and oxygen atoms in total. The molecule has 0 saturated carbocycles. The molecule has 0 aliphatic heterocycles. The third-order valence-electron chi connectivity index (χ3n) is 0.870. The van der Waals surface area contributed by atoms with E-state index in [-0.39, 0.29) is 12.4 Å². The van der Waals surface area contributed by atoms with Crippen molar-refractivity contribution >= 4 is 35.6 Å². The Morgan fingerprint density at radius 2 is 2.20 bits per heavy atom. The van der Waals surface area contributed by atoms with Gasteiger partial charge in [0.1, 0.15) is 6.33 Å². The van der Waals surface area contributed by atoms with Crippen LogP contribution >= 0.6 is 35.6 Å². The van der Waals surface area contributed by atoms with E-state index in [0.717, 1.165) is 0 Å². The number of hydrogen-bond acceptors (Lipinski definition) is 2. The highest BCUT2D eigenvalue weighted by Crippen LogP contribution is 2.11. The van der Waals surface area contributed by atoms with Crippen molar-refractivity contribution in [2.75, 3.05) is 0 Å². The minimum atomic E-state index is 0. The molecule has 0 amide bonds. The first-order valence-electron chi connectivity index (χ1n) is 2.35. The molecule has 1 heterocycles. The smallest absolute Gasteiger partial charge is 0.115 e. The van der Waals surface area contributed by atoms with Gasteiger partial charge in [0.05, 0.1) is 16.6 Å². The Hall–Kier alpha value is -0.0500. The lowest BCUT2D eigenvalue weighted by atomic mass is 10.5. The minimum absolute atomic E-state index is 0. The van der Waals surface area contributed by atoms with Gasteiger partial charge in [-0.3, -0.25) is 0 Å². The second kappa shape index (κ2) is 4.72. The Morgan fingerprint density at radius 1 is 1.50 bits per heavy atom. The van der Waals surface area contributed by atoms with Crippen LogP contribution in [0.2, 0.25) is 5.02 Å². The monoisotopic (exact) mass is 198 g/mol. The van der Waals surface area contributed by atoms with E-state index >= 15 is 0 Å². The molecule has 0 spiro atoms. The summed E-state index contributed by atoms with van der Waals surface area (Å²) in [6, 6.07) is 0. The Bertz CT molecular complexity index is 204. The Balaban J connectivity index is 0.000000810. The highest BCUT2D eigenvalue weighted by atomic mass is 35.5. The number of rotatable bonds is 1. The molecule has 1 aromatic heterocycles. The zero-order valence-electron chi connectivity index (χ0n) is 4.92. The molecule has 0 N–H and O–H groups in total. The molecule has 56 valence electrons. The molecule has 5 heteroatoms. The predicted octanol–water partition coefficient (Wildman–Crippen LogP) is 2.29. The molecular weight excluding hydrogens is 194 g/mol. The van der Waals surface area contributed by atoms with Crippen LogP contribution < -0.4 is 0 Å². The summed E-state index contributed by atoms with van der Waals surface area (Å²) < 4.78 is 0. The Morgan fingerprint density at radius 3 is 2.60 bits per heavy atom. The fourth-order valence-electron chi connectivity index (χ4n) is 0.436. The fourth-order valence-corrected chi connectivity index (χ4v) is 0.890. The maximum absolute atomic E-state index is 5.61. The molecule has 0 atom stereocenters. The number of hydrogen-bond donors (Lipinski definition) is 0. The second-order valence-electron chi connectivity index (χ2n) is 1.45. The molecule has 1 aromatic rings. The molecule has 0 bridgehead atoms. The molecule has 0 fully saturated rings. The van der Waals surface area contributed by atoms with E-state index in [1.54, 1.807) is 0 Å². The summed E-state index contributed by atoms with van der Waals surface area (Å²) in [6.45, 7) is 0. The van der Waals surface area contributed by atoms with E-state index in [0.29, 0.717) is 16.6 Å². The summed E-state index contributed by atoms with van der Waals surface area (Å²) in [4.78, 5) is 7.51. The van der Waals surface area contributed by atoms with E-state index in [1.165, 1.54) is 12.5 Å². The van der Waals surface area contributed by atoms with Crippen molar-refractivity contribution in [2.45, 2.75) is 5.88 Å². The van der Waals surface area contributed by atoms with Crippen molar-refractivity contribution in [1.29, 1.82) is 0 Å². The molecule has 10 heavy (non-hydrogen) atoms. The van der Waals surface area contributed by atoms with Crippen molar-refractivity contribution in [3.8, 4) is 0 Å². The lowest BCUT2D eigenvalue weighted by Crippen LogP contribution is -1.86. The van der Waals surface area contributed by atoms with Gasteiger partial charge in [0, 0.05) is 6.20 Å². The molecule has 0 saturated heterocycles. The van der Waals surface area contributed by atoms with Crippen LogP contribution in [0.3, 0.4) is 0 Å². The van der Waals surface area contributed by atoms with E-state index in [9.17, 15) is 0 Å². The summed E-state index contributed by atoms with van der Waals surface area (Å²) >= 11 is 11.1. The van der Waals surface area contributed by atoms with Crippen LogP contribution in [0, 0.1) is 0 Å². The van der Waals surface area contributed by atoms with Crippen molar-refractivity contribution in [1.82, 2.24) is 9.97 Å². The average molecular weight is 199 g/mol. The second-order valence-corrected chi connectivity index (χ2v) is 2.13. The van der Waals surface area contributed by atoms with E-state index in [4.69, 9.17) is 23.2 Å². The first kappa shape index (κ1) is 9.95. The third kappa shape index (κ3) is 2.29. The number of nitrogens with zero attached hydrogens (tertiary/aromatic N) is 2. The average Bonchev–Trinajstić information content (AvgIpc) is 1.89. The zero-order valence-corrected chi connectivity index (χ0v) is 7.25. The summed E-state index contributed by atoms with van der Waals surface area (Å²) in [5, 5.41) is 0.521. The van der Waals surface area contributed by atoms with E-state index < -0.39 is 0 Å². The first-order valence-corrected chi connectivity index (χ1v) is 3.26. The standard InChI is InChI=1S/C5H4Cl2N2.ClH/c6-1-5-4(7)2-8-3-9-5;/h2-3H,1H2;1H. The van der Waals surface area contributed by atoms with Gasteiger partial charge in [-0.25, -0.2) is 9.97 Å². The lowest BCUT2D eigenvalue weighted by Gasteiger charge is -1.93. The van der Waals surface area contributed by atoms with Gasteiger partial charge in [0.15, 0.2) is 0 Å². The van der Waals surface area contributed by atoms with Crippen LogP contribution in [0.5, 0.6) is 0 Å². The maximum atomic E-state index is 5.61. The maximum Gasteiger partial charge on any atom is 0.115 e. The normalized spacial score (nSPS) is 8.60. The minimum Gasteiger partial charge on any atom is -0.243 e. The summed E-state index contributed by atoms with van der Waals surface area (Å²) in [5.74, 6) is 0.335. The number of alkyl halides is 1. The van der Waals surface area contributed by atoms with E-state index in [2.05, 4.69) is 9.97 Å². The number of halogens is 3. The fraction of sp³-hybridized carbons (Fsp3) is 0.200. The highest BCUT2D eigenvalue weighted by molar-refractivity contribution is 6.31. The lowest BCUT2D eigenvalue weighted by molar-refractivity contribution is 1.08. The Labute approximate surface area is 75.0 Å². The number of aromatic nitrogens is 2.